The lowest BCUT2D eigenvalue weighted by molar-refractivity contribution is 0.111. The normalized spacial score (nSPS) is 15.1. The molecule has 1 aromatic carbocycles. The van der Waals surface area contributed by atoms with E-state index in [-0.39, 0.29) is 0 Å². The van der Waals surface area contributed by atoms with Gasteiger partial charge in [-0.05, 0) is 24.6 Å². The summed E-state index contributed by atoms with van der Waals surface area (Å²) in [6.45, 7) is 1.73. The predicted molar refractivity (Wildman–Crippen MR) is 63.8 cm³/mol. The molecule has 2 nitrogen and oxygen atoms in total. The van der Waals surface area contributed by atoms with Gasteiger partial charge in [-0.25, -0.2) is 0 Å². The summed E-state index contributed by atoms with van der Waals surface area (Å²) in [6.07, 6.45) is 6.76. The highest BCUT2D eigenvalue weighted by molar-refractivity contribution is 5.51. The molecule has 0 bridgehead atoms. The number of rotatable bonds is 3. The molecule has 0 saturated heterocycles. The number of benzene rings is 1. The summed E-state index contributed by atoms with van der Waals surface area (Å²) in [6, 6.07) is 11.6. The van der Waals surface area contributed by atoms with Gasteiger partial charge in [0.1, 0.15) is 5.60 Å². The Kier molecular flexibility index (Phi) is 2.93. The van der Waals surface area contributed by atoms with Gasteiger partial charge in [-0.1, -0.05) is 36.4 Å². The number of hydrogen-bond acceptors (Lipinski definition) is 2. The highest BCUT2D eigenvalue weighted by Crippen LogP contribution is 2.23. The predicted octanol–water partition coefficient (Wildman–Crippen LogP) is 3.20. The minimum atomic E-state index is -0.997. The molecule has 0 aliphatic rings. The van der Waals surface area contributed by atoms with Crippen LogP contribution in [-0.4, -0.2) is 5.11 Å². The Hall–Kier alpha value is -1.80. The smallest absolute Gasteiger partial charge is 0.108 e. The summed E-state index contributed by atoms with van der Waals surface area (Å²) >= 11 is 0. The number of hydrogen-bond donors (Lipinski definition) is 1. The van der Waals surface area contributed by atoms with Crippen LogP contribution in [0.5, 0.6) is 0 Å². The van der Waals surface area contributed by atoms with Gasteiger partial charge in [-0.2, -0.15) is 0 Å². The van der Waals surface area contributed by atoms with Crippen molar-refractivity contribution < 1.29 is 9.52 Å². The fraction of sp³-hybridized carbons (Fsp3) is 0.143. The van der Waals surface area contributed by atoms with Crippen molar-refractivity contribution in [3.8, 4) is 0 Å². The molecule has 82 valence electrons. The van der Waals surface area contributed by atoms with Crippen LogP contribution in [0, 0.1) is 0 Å². The van der Waals surface area contributed by atoms with Crippen LogP contribution in [0.4, 0.5) is 0 Å². The Balaban J connectivity index is 2.18. The van der Waals surface area contributed by atoms with E-state index in [2.05, 4.69) is 0 Å². The molecule has 0 aliphatic heterocycles. The zero-order valence-electron chi connectivity index (χ0n) is 9.13. The second-order valence-electron chi connectivity index (χ2n) is 3.90. The quantitative estimate of drug-likeness (QED) is 0.851. The van der Waals surface area contributed by atoms with Gasteiger partial charge in [0.05, 0.1) is 12.5 Å². The minimum Gasteiger partial charge on any atom is -0.472 e. The summed E-state index contributed by atoms with van der Waals surface area (Å²) < 4.78 is 4.96. The van der Waals surface area contributed by atoms with Crippen molar-refractivity contribution in [3.63, 3.8) is 0 Å². The minimum absolute atomic E-state index is 0.750. The average molecular weight is 214 g/mol. The Labute approximate surface area is 94.8 Å². The molecule has 2 rings (SSSR count). The largest absolute Gasteiger partial charge is 0.472 e. The van der Waals surface area contributed by atoms with Gasteiger partial charge < -0.3 is 9.52 Å². The van der Waals surface area contributed by atoms with Crippen molar-refractivity contribution in [3.05, 3.63) is 66.1 Å². The molecule has 1 atom stereocenters. The maximum absolute atomic E-state index is 10.2. The van der Waals surface area contributed by atoms with E-state index in [9.17, 15) is 5.11 Å². The molecule has 1 unspecified atom stereocenters. The molecule has 0 saturated carbocycles. The first-order valence-electron chi connectivity index (χ1n) is 5.18. The van der Waals surface area contributed by atoms with Crippen LogP contribution in [0.2, 0.25) is 0 Å². The standard InChI is InChI=1S/C14H14O2/c1-14(15,13-8-10-16-11-13)9-7-12-5-3-2-4-6-12/h2-11,15H,1H3/b9-7+. The van der Waals surface area contributed by atoms with Crippen molar-refractivity contribution in [1.82, 2.24) is 0 Å². The third-order valence-corrected chi connectivity index (χ3v) is 2.51. The lowest BCUT2D eigenvalue weighted by Crippen LogP contribution is -2.16. The molecular weight excluding hydrogens is 200 g/mol. The summed E-state index contributed by atoms with van der Waals surface area (Å²) in [4.78, 5) is 0. The zero-order chi connectivity index (χ0) is 11.4. The molecule has 16 heavy (non-hydrogen) atoms. The molecule has 0 fully saturated rings. The van der Waals surface area contributed by atoms with E-state index in [1.807, 2.05) is 36.4 Å². The number of aliphatic hydroxyl groups is 1. The first-order valence-corrected chi connectivity index (χ1v) is 5.18. The highest BCUT2D eigenvalue weighted by atomic mass is 16.3. The van der Waals surface area contributed by atoms with Crippen LogP contribution in [-0.2, 0) is 5.60 Å². The van der Waals surface area contributed by atoms with Crippen LogP contribution in [0.3, 0.4) is 0 Å². The molecule has 0 aliphatic carbocycles. The van der Waals surface area contributed by atoms with E-state index >= 15 is 0 Å². The molecule has 2 aromatic rings. The van der Waals surface area contributed by atoms with Crippen molar-refractivity contribution in [2.75, 3.05) is 0 Å². The SMILES string of the molecule is CC(O)(/C=C/c1ccccc1)c1ccoc1. The molecule has 1 heterocycles. The third-order valence-electron chi connectivity index (χ3n) is 2.51. The van der Waals surface area contributed by atoms with Gasteiger partial charge in [0.2, 0.25) is 0 Å². The van der Waals surface area contributed by atoms with Gasteiger partial charge in [-0.3, -0.25) is 0 Å². The van der Waals surface area contributed by atoms with Crippen molar-refractivity contribution >= 4 is 6.08 Å². The maximum atomic E-state index is 10.2. The Morgan fingerprint density at radius 1 is 1.19 bits per heavy atom. The fourth-order valence-corrected chi connectivity index (χ4v) is 1.47. The average Bonchev–Trinajstić information content (AvgIpc) is 2.82. The molecule has 1 aromatic heterocycles. The lowest BCUT2D eigenvalue weighted by Gasteiger charge is -2.16. The van der Waals surface area contributed by atoms with Gasteiger partial charge in [-0.15, -0.1) is 0 Å². The summed E-state index contributed by atoms with van der Waals surface area (Å²) in [5.74, 6) is 0. The molecule has 0 radical (unpaired) electrons. The van der Waals surface area contributed by atoms with Crippen molar-refractivity contribution in [2.45, 2.75) is 12.5 Å². The van der Waals surface area contributed by atoms with Gasteiger partial charge in [0.25, 0.3) is 0 Å². The molecule has 0 spiro atoms. The number of furan rings is 1. The first kappa shape index (κ1) is 10.7. The first-order chi connectivity index (χ1) is 7.68. The van der Waals surface area contributed by atoms with E-state index in [1.54, 1.807) is 31.6 Å². The van der Waals surface area contributed by atoms with Crippen molar-refractivity contribution in [1.29, 1.82) is 0 Å². The zero-order valence-corrected chi connectivity index (χ0v) is 9.13. The van der Waals surface area contributed by atoms with Crippen LogP contribution < -0.4 is 0 Å². The summed E-state index contributed by atoms with van der Waals surface area (Å²) in [7, 11) is 0. The van der Waals surface area contributed by atoms with Crippen LogP contribution in [0.15, 0.2) is 59.4 Å². The van der Waals surface area contributed by atoms with Gasteiger partial charge in [0, 0.05) is 5.56 Å². The molecule has 2 heteroatoms. The Morgan fingerprint density at radius 3 is 2.56 bits per heavy atom. The second-order valence-corrected chi connectivity index (χ2v) is 3.90. The Morgan fingerprint density at radius 2 is 1.94 bits per heavy atom. The molecule has 1 N–H and O–H groups in total. The molecule has 0 amide bonds. The van der Waals surface area contributed by atoms with Crippen molar-refractivity contribution in [2.24, 2.45) is 0 Å². The third kappa shape index (κ3) is 2.41. The Bertz CT molecular complexity index is 453. The van der Waals surface area contributed by atoms with Crippen LogP contribution in [0.25, 0.3) is 6.08 Å². The van der Waals surface area contributed by atoms with Crippen LogP contribution >= 0.6 is 0 Å². The summed E-state index contributed by atoms with van der Waals surface area (Å²) in [5, 5.41) is 10.2. The topological polar surface area (TPSA) is 33.4 Å². The van der Waals surface area contributed by atoms with E-state index in [0.29, 0.717) is 0 Å². The fourth-order valence-electron chi connectivity index (χ4n) is 1.47. The monoisotopic (exact) mass is 214 g/mol. The maximum Gasteiger partial charge on any atom is 0.108 e. The highest BCUT2D eigenvalue weighted by Gasteiger charge is 2.20. The van der Waals surface area contributed by atoms with E-state index < -0.39 is 5.60 Å². The summed E-state index contributed by atoms with van der Waals surface area (Å²) in [5.41, 5.74) is 0.814. The van der Waals surface area contributed by atoms with Gasteiger partial charge >= 0.3 is 0 Å². The lowest BCUT2D eigenvalue weighted by atomic mass is 9.98. The van der Waals surface area contributed by atoms with E-state index in [1.165, 1.54) is 0 Å². The van der Waals surface area contributed by atoms with Crippen LogP contribution in [0.1, 0.15) is 18.1 Å². The molecular formula is C14H14O2. The van der Waals surface area contributed by atoms with Gasteiger partial charge in [0.15, 0.2) is 0 Å². The van der Waals surface area contributed by atoms with E-state index in [0.717, 1.165) is 11.1 Å². The van der Waals surface area contributed by atoms with E-state index in [4.69, 9.17) is 4.42 Å². The second kappa shape index (κ2) is 4.37.